The molecule has 18 heavy (non-hydrogen) atoms. The van der Waals surface area contributed by atoms with Gasteiger partial charge in [0.1, 0.15) is 0 Å². The molecule has 0 amide bonds. The highest BCUT2D eigenvalue weighted by atomic mass is 15.1. The third-order valence-electron chi connectivity index (χ3n) is 3.08. The molecule has 98 valence electrons. The number of aryl methyl sites for hydroxylation is 1. The first-order valence-electron chi connectivity index (χ1n) is 7.08. The summed E-state index contributed by atoms with van der Waals surface area (Å²) in [5.41, 5.74) is 1.38. The molecule has 0 N–H and O–H groups in total. The van der Waals surface area contributed by atoms with Crippen LogP contribution in [0.15, 0.2) is 30.3 Å². The maximum absolute atomic E-state index is 3.29. The maximum Gasteiger partial charge on any atom is 0.0601 e. The lowest BCUT2D eigenvalue weighted by atomic mass is 10.1. The van der Waals surface area contributed by atoms with Crippen LogP contribution in [0.25, 0.3) is 0 Å². The normalized spacial score (nSPS) is 10.2. The summed E-state index contributed by atoms with van der Waals surface area (Å²) in [7, 11) is 0. The number of nitrogens with zero attached hydrogens (tertiary/aromatic N) is 1. The number of unbranched alkanes of at least 4 members (excludes halogenated alkanes) is 1. The highest BCUT2D eigenvalue weighted by molar-refractivity contribution is 5.16. The average molecular weight is 243 g/mol. The van der Waals surface area contributed by atoms with Crippen molar-refractivity contribution in [3.63, 3.8) is 0 Å². The van der Waals surface area contributed by atoms with Gasteiger partial charge in [0.25, 0.3) is 0 Å². The molecule has 0 unspecified atom stereocenters. The largest absolute Gasteiger partial charge is 0.293 e. The van der Waals surface area contributed by atoms with E-state index in [9.17, 15) is 0 Å². The fourth-order valence-electron chi connectivity index (χ4n) is 1.84. The molecule has 0 aliphatic rings. The van der Waals surface area contributed by atoms with E-state index in [4.69, 9.17) is 0 Å². The van der Waals surface area contributed by atoms with Gasteiger partial charge in [-0.1, -0.05) is 56.5 Å². The van der Waals surface area contributed by atoms with Crippen molar-refractivity contribution in [2.45, 2.75) is 39.5 Å². The first-order valence-corrected chi connectivity index (χ1v) is 7.08. The standard InChI is InChI=1S/C17H25N/c1-3-5-15-18(4-2)16-11-7-10-14-17-12-8-6-9-13-17/h6,8-9,12-13H,3-5,10,14-16H2,1-2H3. The summed E-state index contributed by atoms with van der Waals surface area (Å²) < 4.78 is 0. The zero-order valence-corrected chi connectivity index (χ0v) is 11.8. The van der Waals surface area contributed by atoms with Gasteiger partial charge in [0.05, 0.1) is 6.54 Å². The maximum atomic E-state index is 3.29. The Morgan fingerprint density at radius 2 is 1.83 bits per heavy atom. The fraction of sp³-hybridized carbons (Fsp3) is 0.529. The van der Waals surface area contributed by atoms with Crippen LogP contribution >= 0.6 is 0 Å². The van der Waals surface area contributed by atoms with Crippen LogP contribution in [0.3, 0.4) is 0 Å². The van der Waals surface area contributed by atoms with Gasteiger partial charge in [-0.2, -0.15) is 0 Å². The van der Waals surface area contributed by atoms with Crippen LogP contribution in [0.2, 0.25) is 0 Å². The number of rotatable bonds is 7. The molecule has 1 nitrogen and oxygen atoms in total. The van der Waals surface area contributed by atoms with Crippen LogP contribution in [0.1, 0.15) is 38.7 Å². The molecule has 1 rings (SSSR count). The smallest absolute Gasteiger partial charge is 0.0601 e. The SMILES string of the molecule is CCCCN(CC)CC#CCCc1ccccc1. The molecule has 0 saturated heterocycles. The van der Waals surface area contributed by atoms with Crippen LogP contribution < -0.4 is 0 Å². The zero-order chi connectivity index (χ0) is 13.1. The van der Waals surface area contributed by atoms with Crippen molar-refractivity contribution in [3.05, 3.63) is 35.9 Å². The van der Waals surface area contributed by atoms with Gasteiger partial charge in [0.15, 0.2) is 0 Å². The minimum atomic E-state index is 0.922. The number of hydrogen-bond donors (Lipinski definition) is 0. The first-order chi connectivity index (χ1) is 8.86. The number of hydrogen-bond acceptors (Lipinski definition) is 1. The van der Waals surface area contributed by atoms with E-state index in [2.05, 4.69) is 60.9 Å². The van der Waals surface area contributed by atoms with E-state index < -0.39 is 0 Å². The monoisotopic (exact) mass is 243 g/mol. The molecule has 0 aromatic heterocycles. The predicted octanol–water partition coefficient (Wildman–Crippen LogP) is 3.74. The molecule has 0 spiro atoms. The van der Waals surface area contributed by atoms with Crippen molar-refractivity contribution in [1.29, 1.82) is 0 Å². The fourth-order valence-corrected chi connectivity index (χ4v) is 1.84. The number of benzene rings is 1. The minimum Gasteiger partial charge on any atom is -0.293 e. The minimum absolute atomic E-state index is 0.922. The molecule has 1 aromatic carbocycles. The van der Waals surface area contributed by atoms with Crippen LogP contribution in [-0.2, 0) is 6.42 Å². The van der Waals surface area contributed by atoms with Gasteiger partial charge >= 0.3 is 0 Å². The van der Waals surface area contributed by atoms with Gasteiger partial charge in [0, 0.05) is 6.42 Å². The van der Waals surface area contributed by atoms with Crippen LogP contribution in [0.4, 0.5) is 0 Å². The van der Waals surface area contributed by atoms with E-state index in [1.807, 2.05) is 0 Å². The van der Waals surface area contributed by atoms with Gasteiger partial charge in [-0.25, -0.2) is 0 Å². The van der Waals surface area contributed by atoms with E-state index >= 15 is 0 Å². The van der Waals surface area contributed by atoms with E-state index in [1.54, 1.807) is 0 Å². The van der Waals surface area contributed by atoms with Gasteiger partial charge in [-0.3, -0.25) is 4.90 Å². The molecule has 0 heterocycles. The Bertz CT molecular complexity index is 358. The molecule has 0 atom stereocenters. The summed E-state index contributed by atoms with van der Waals surface area (Å²) in [5.74, 6) is 6.57. The summed E-state index contributed by atoms with van der Waals surface area (Å²) in [6.45, 7) is 7.65. The van der Waals surface area contributed by atoms with Crippen LogP contribution in [0.5, 0.6) is 0 Å². The molecular weight excluding hydrogens is 218 g/mol. The average Bonchev–Trinajstić information content (AvgIpc) is 2.43. The van der Waals surface area contributed by atoms with Gasteiger partial charge in [0.2, 0.25) is 0 Å². The molecule has 0 radical (unpaired) electrons. The lowest BCUT2D eigenvalue weighted by Gasteiger charge is -2.16. The van der Waals surface area contributed by atoms with E-state index in [-0.39, 0.29) is 0 Å². The summed E-state index contributed by atoms with van der Waals surface area (Å²) in [5, 5.41) is 0. The Kier molecular flexibility index (Phi) is 8.01. The predicted molar refractivity (Wildman–Crippen MR) is 79.6 cm³/mol. The van der Waals surface area contributed by atoms with Gasteiger partial charge in [-0.05, 0) is 31.5 Å². The highest BCUT2D eigenvalue weighted by Gasteiger charge is 1.97. The van der Waals surface area contributed by atoms with Crippen molar-refractivity contribution >= 4 is 0 Å². The molecule has 0 aliphatic heterocycles. The molecule has 1 heteroatoms. The zero-order valence-electron chi connectivity index (χ0n) is 11.8. The topological polar surface area (TPSA) is 3.24 Å². The molecule has 0 saturated carbocycles. The quantitative estimate of drug-likeness (QED) is 0.659. The molecular formula is C17H25N. The van der Waals surface area contributed by atoms with Crippen LogP contribution in [-0.4, -0.2) is 24.5 Å². The lowest BCUT2D eigenvalue weighted by Crippen LogP contribution is -2.24. The van der Waals surface area contributed by atoms with Crippen molar-refractivity contribution in [2.75, 3.05) is 19.6 Å². The second-order valence-electron chi connectivity index (χ2n) is 4.56. The second-order valence-corrected chi connectivity index (χ2v) is 4.56. The van der Waals surface area contributed by atoms with Crippen molar-refractivity contribution in [1.82, 2.24) is 4.90 Å². The van der Waals surface area contributed by atoms with E-state index in [0.29, 0.717) is 0 Å². The second kappa shape index (κ2) is 9.74. The third-order valence-corrected chi connectivity index (χ3v) is 3.08. The van der Waals surface area contributed by atoms with Crippen molar-refractivity contribution in [2.24, 2.45) is 0 Å². The molecule has 0 fully saturated rings. The Morgan fingerprint density at radius 1 is 1.06 bits per heavy atom. The van der Waals surface area contributed by atoms with Crippen molar-refractivity contribution in [3.8, 4) is 11.8 Å². The molecule has 0 aliphatic carbocycles. The van der Waals surface area contributed by atoms with Crippen LogP contribution in [0, 0.1) is 11.8 Å². The Balaban J connectivity index is 2.21. The Hall–Kier alpha value is -1.26. The summed E-state index contributed by atoms with van der Waals surface area (Å²) in [6.07, 6.45) is 4.57. The summed E-state index contributed by atoms with van der Waals surface area (Å²) in [6, 6.07) is 10.6. The Labute approximate surface area is 112 Å². The van der Waals surface area contributed by atoms with Crippen molar-refractivity contribution < 1.29 is 0 Å². The van der Waals surface area contributed by atoms with E-state index in [1.165, 1.54) is 24.9 Å². The lowest BCUT2D eigenvalue weighted by molar-refractivity contribution is 0.318. The van der Waals surface area contributed by atoms with Gasteiger partial charge < -0.3 is 0 Å². The summed E-state index contributed by atoms with van der Waals surface area (Å²) >= 11 is 0. The first kappa shape index (κ1) is 14.8. The third kappa shape index (κ3) is 6.47. The molecule has 0 bridgehead atoms. The highest BCUT2D eigenvalue weighted by Crippen LogP contribution is 2.01. The molecule has 1 aromatic rings. The Morgan fingerprint density at radius 3 is 2.50 bits per heavy atom. The summed E-state index contributed by atoms with van der Waals surface area (Å²) in [4.78, 5) is 2.42. The van der Waals surface area contributed by atoms with Gasteiger partial charge in [-0.15, -0.1) is 5.92 Å². The van der Waals surface area contributed by atoms with E-state index in [0.717, 1.165) is 25.9 Å².